The van der Waals surface area contributed by atoms with Crippen molar-refractivity contribution in [2.45, 2.75) is 25.0 Å². The van der Waals surface area contributed by atoms with Gasteiger partial charge in [-0.05, 0) is 25.0 Å². The number of anilines is 1. The molecule has 6 heteroatoms. The molecule has 1 atom stereocenters. The third-order valence-electron chi connectivity index (χ3n) is 5.18. The highest BCUT2D eigenvalue weighted by Gasteiger charge is 2.40. The molecule has 2 fully saturated rings. The Bertz CT molecular complexity index is 669. The Labute approximate surface area is 143 Å². The number of rotatable bonds is 3. The largest absolute Gasteiger partial charge is 0.370 e. The molecule has 0 unspecified atom stereocenters. The molecule has 24 heavy (non-hydrogen) atoms. The Balaban J connectivity index is 1.46. The number of aromatic nitrogens is 3. The summed E-state index contributed by atoms with van der Waals surface area (Å²) in [6.07, 6.45) is 9.91. The van der Waals surface area contributed by atoms with Crippen molar-refractivity contribution in [3.63, 3.8) is 0 Å². The van der Waals surface area contributed by atoms with Gasteiger partial charge < -0.3 is 14.2 Å². The second-order valence-electron chi connectivity index (χ2n) is 6.97. The standard InChI is InChI=1S/C18H25N5O/c1-21-15-20-11-17(21)12-22-8-9-24-18(13-22)5-3-7-23(14-18)16-4-2-6-19-10-16/h2,4,6,10-11,15H,3,5,7-9,12-14H2,1H3/t18-/m0/s1. The Hall–Kier alpha value is -1.92. The molecule has 2 aromatic heterocycles. The van der Waals surface area contributed by atoms with E-state index >= 15 is 0 Å². The summed E-state index contributed by atoms with van der Waals surface area (Å²) in [6.45, 7) is 5.74. The van der Waals surface area contributed by atoms with E-state index in [2.05, 4.69) is 37.4 Å². The molecule has 128 valence electrons. The number of ether oxygens (including phenoxy) is 1. The molecule has 0 radical (unpaired) electrons. The fraction of sp³-hybridized carbons (Fsp3) is 0.556. The van der Waals surface area contributed by atoms with Gasteiger partial charge in [-0.3, -0.25) is 9.88 Å². The van der Waals surface area contributed by atoms with Gasteiger partial charge in [-0.1, -0.05) is 0 Å². The van der Waals surface area contributed by atoms with Crippen LogP contribution in [-0.2, 0) is 18.3 Å². The number of morpholine rings is 1. The summed E-state index contributed by atoms with van der Waals surface area (Å²) < 4.78 is 8.41. The number of nitrogens with zero attached hydrogens (tertiary/aromatic N) is 5. The van der Waals surface area contributed by atoms with Crippen LogP contribution in [0.1, 0.15) is 18.5 Å². The van der Waals surface area contributed by atoms with Gasteiger partial charge in [0, 0.05) is 52.2 Å². The van der Waals surface area contributed by atoms with Crippen molar-refractivity contribution in [1.82, 2.24) is 19.4 Å². The first-order chi connectivity index (χ1) is 11.7. The van der Waals surface area contributed by atoms with Crippen LogP contribution in [0, 0.1) is 0 Å². The molecule has 4 rings (SSSR count). The van der Waals surface area contributed by atoms with Crippen molar-refractivity contribution in [1.29, 1.82) is 0 Å². The van der Waals surface area contributed by atoms with Crippen molar-refractivity contribution in [3.05, 3.63) is 42.7 Å². The van der Waals surface area contributed by atoms with Crippen molar-refractivity contribution in [2.24, 2.45) is 7.05 Å². The van der Waals surface area contributed by atoms with Gasteiger partial charge in [0.25, 0.3) is 0 Å². The Morgan fingerprint density at radius 3 is 2.96 bits per heavy atom. The SMILES string of the molecule is Cn1cncc1CN1CCO[C@@]2(CCCN(c3cccnc3)C2)C1. The first kappa shape index (κ1) is 15.6. The molecular weight excluding hydrogens is 302 g/mol. The molecule has 2 aromatic rings. The van der Waals surface area contributed by atoms with Crippen LogP contribution in [0.5, 0.6) is 0 Å². The average Bonchev–Trinajstić information content (AvgIpc) is 3.01. The minimum Gasteiger partial charge on any atom is -0.370 e. The van der Waals surface area contributed by atoms with Crippen molar-refractivity contribution in [3.8, 4) is 0 Å². The first-order valence-corrected chi connectivity index (χ1v) is 8.71. The lowest BCUT2D eigenvalue weighted by molar-refractivity contribution is -0.116. The number of piperidine rings is 1. The molecule has 6 nitrogen and oxygen atoms in total. The van der Waals surface area contributed by atoms with E-state index in [0.717, 1.165) is 52.2 Å². The van der Waals surface area contributed by atoms with Crippen LogP contribution in [0.25, 0.3) is 0 Å². The molecule has 2 aliphatic rings. The summed E-state index contributed by atoms with van der Waals surface area (Å²) in [6, 6.07) is 4.15. The average molecular weight is 327 g/mol. The predicted octanol–water partition coefficient (Wildman–Crippen LogP) is 1.69. The summed E-state index contributed by atoms with van der Waals surface area (Å²) in [7, 11) is 2.06. The van der Waals surface area contributed by atoms with Crippen molar-refractivity contribution < 1.29 is 4.74 Å². The lowest BCUT2D eigenvalue weighted by Gasteiger charge is -2.48. The van der Waals surface area contributed by atoms with Crippen molar-refractivity contribution >= 4 is 5.69 Å². The molecule has 2 saturated heterocycles. The maximum atomic E-state index is 6.31. The molecule has 0 bridgehead atoms. The minimum absolute atomic E-state index is 0.0645. The Morgan fingerprint density at radius 1 is 1.21 bits per heavy atom. The van der Waals surface area contributed by atoms with E-state index in [-0.39, 0.29) is 5.60 Å². The summed E-state index contributed by atoms with van der Waals surface area (Å²) in [5.41, 5.74) is 2.39. The van der Waals surface area contributed by atoms with E-state index in [4.69, 9.17) is 4.74 Å². The van der Waals surface area contributed by atoms with Crippen LogP contribution >= 0.6 is 0 Å². The highest BCUT2D eigenvalue weighted by molar-refractivity contribution is 5.44. The Morgan fingerprint density at radius 2 is 2.17 bits per heavy atom. The normalized spacial score (nSPS) is 25.3. The fourth-order valence-electron chi connectivity index (χ4n) is 3.93. The van der Waals surface area contributed by atoms with Gasteiger partial charge in [0.05, 0.1) is 36.1 Å². The van der Waals surface area contributed by atoms with Gasteiger partial charge in [0.1, 0.15) is 0 Å². The lowest BCUT2D eigenvalue weighted by atomic mass is 9.90. The third-order valence-corrected chi connectivity index (χ3v) is 5.18. The zero-order valence-corrected chi connectivity index (χ0v) is 14.3. The van der Waals surface area contributed by atoms with Crippen LogP contribution in [0.2, 0.25) is 0 Å². The van der Waals surface area contributed by atoms with Gasteiger partial charge in [-0.25, -0.2) is 4.98 Å². The second-order valence-corrected chi connectivity index (χ2v) is 6.97. The van der Waals surface area contributed by atoms with E-state index in [1.165, 1.54) is 11.4 Å². The van der Waals surface area contributed by atoms with Crippen LogP contribution in [0.3, 0.4) is 0 Å². The summed E-state index contributed by atoms with van der Waals surface area (Å²) >= 11 is 0. The zero-order chi connectivity index (χ0) is 16.4. The Kier molecular flexibility index (Phi) is 4.24. The molecule has 0 aromatic carbocycles. The summed E-state index contributed by atoms with van der Waals surface area (Å²) in [5, 5.41) is 0. The van der Waals surface area contributed by atoms with Gasteiger partial charge in [-0.15, -0.1) is 0 Å². The predicted molar refractivity (Wildman–Crippen MR) is 92.9 cm³/mol. The lowest BCUT2D eigenvalue weighted by Crippen LogP contribution is -2.59. The quantitative estimate of drug-likeness (QED) is 0.858. The molecule has 0 saturated carbocycles. The number of hydrogen-bond donors (Lipinski definition) is 0. The van der Waals surface area contributed by atoms with E-state index in [1.807, 2.05) is 31.0 Å². The third kappa shape index (κ3) is 3.16. The summed E-state index contributed by atoms with van der Waals surface area (Å²) in [5.74, 6) is 0. The maximum absolute atomic E-state index is 6.31. The molecule has 0 aliphatic carbocycles. The van der Waals surface area contributed by atoms with Gasteiger partial charge in [0.15, 0.2) is 0 Å². The van der Waals surface area contributed by atoms with Gasteiger partial charge in [0.2, 0.25) is 0 Å². The topological polar surface area (TPSA) is 46.4 Å². The number of imidazole rings is 1. The smallest absolute Gasteiger partial charge is 0.0983 e. The van der Waals surface area contributed by atoms with Crippen LogP contribution in [0.15, 0.2) is 37.1 Å². The molecule has 4 heterocycles. The number of pyridine rings is 1. The zero-order valence-electron chi connectivity index (χ0n) is 14.3. The van der Waals surface area contributed by atoms with Crippen LogP contribution in [0.4, 0.5) is 5.69 Å². The van der Waals surface area contributed by atoms with E-state index in [9.17, 15) is 0 Å². The molecule has 0 N–H and O–H groups in total. The summed E-state index contributed by atoms with van der Waals surface area (Å²) in [4.78, 5) is 13.4. The van der Waals surface area contributed by atoms with E-state index in [1.54, 1.807) is 0 Å². The number of hydrogen-bond acceptors (Lipinski definition) is 5. The fourth-order valence-corrected chi connectivity index (χ4v) is 3.93. The van der Waals surface area contributed by atoms with E-state index in [0.29, 0.717) is 0 Å². The molecule has 2 aliphatic heterocycles. The minimum atomic E-state index is -0.0645. The van der Waals surface area contributed by atoms with Crippen LogP contribution in [-0.4, -0.2) is 57.8 Å². The van der Waals surface area contributed by atoms with Crippen LogP contribution < -0.4 is 4.90 Å². The number of aryl methyl sites for hydroxylation is 1. The first-order valence-electron chi connectivity index (χ1n) is 8.71. The van der Waals surface area contributed by atoms with Gasteiger partial charge >= 0.3 is 0 Å². The second kappa shape index (κ2) is 6.53. The maximum Gasteiger partial charge on any atom is 0.0983 e. The highest BCUT2D eigenvalue weighted by Crippen LogP contribution is 2.31. The van der Waals surface area contributed by atoms with E-state index < -0.39 is 0 Å². The highest BCUT2D eigenvalue weighted by atomic mass is 16.5. The van der Waals surface area contributed by atoms with Crippen molar-refractivity contribution in [2.75, 3.05) is 37.7 Å². The molecular formula is C18H25N5O. The molecule has 0 amide bonds. The van der Waals surface area contributed by atoms with Gasteiger partial charge in [-0.2, -0.15) is 0 Å². The molecule has 1 spiro atoms. The monoisotopic (exact) mass is 327 g/mol.